The highest BCUT2D eigenvalue weighted by atomic mass is 16.6. The maximum absolute atomic E-state index is 11.7. The van der Waals surface area contributed by atoms with Crippen molar-refractivity contribution in [2.45, 2.75) is 85.7 Å². The summed E-state index contributed by atoms with van der Waals surface area (Å²) in [6.45, 7) is 19.0. The molecular weight excluding hydrogens is 400 g/mol. The van der Waals surface area contributed by atoms with E-state index in [4.69, 9.17) is 14.2 Å². The van der Waals surface area contributed by atoms with Gasteiger partial charge in [0.2, 0.25) is 0 Å². The smallest absolute Gasteiger partial charge is 0.303 e. The van der Waals surface area contributed by atoms with Gasteiger partial charge >= 0.3 is 5.97 Å². The lowest BCUT2D eigenvalue weighted by Crippen LogP contribution is -2.27. The fourth-order valence-corrected chi connectivity index (χ4v) is 3.78. The van der Waals surface area contributed by atoms with E-state index >= 15 is 0 Å². The summed E-state index contributed by atoms with van der Waals surface area (Å²) in [4.78, 5) is 11.7. The summed E-state index contributed by atoms with van der Waals surface area (Å²) in [5.41, 5.74) is 3.45. The number of hydrogen-bond acceptors (Lipinski definition) is 4. The molecule has 0 spiro atoms. The molecule has 0 heterocycles. The van der Waals surface area contributed by atoms with Gasteiger partial charge < -0.3 is 14.2 Å². The van der Waals surface area contributed by atoms with Gasteiger partial charge in [0.05, 0.1) is 0 Å². The Hall–Kier alpha value is -2.49. The van der Waals surface area contributed by atoms with Crippen molar-refractivity contribution in [2.24, 2.45) is 0 Å². The molecule has 0 aromatic heterocycles. The van der Waals surface area contributed by atoms with Crippen LogP contribution in [-0.4, -0.2) is 19.2 Å². The quantitative estimate of drug-likeness (QED) is 0.309. The van der Waals surface area contributed by atoms with Crippen molar-refractivity contribution in [3.8, 4) is 11.5 Å². The Morgan fingerprint density at radius 3 is 2.03 bits per heavy atom. The number of hydrogen-bond donors (Lipinski definition) is 0. The minimum absolute atomic E-state index is 0.130. The Balaban J connectivity index is 2.21. The first-order chi connectivity index (χ1) is 14.8. The van der Waals surface area contributed by atoms with Gasteiger partial charge in [-0.1, -0.05) is 58.4 Å². The predicted molar refractivity (Wildman–Crippen MR) is 131 cm³/mol. The molecule has 2 aromatic rings. The summed E-state index contributed by atoms with van der Waals surface area (Å²) < 4.78 is 17.9. The van der Waals surface area contributed by atoms with Crippen molar-refractivity contribution < 1.29 is 19.0 Å². The molecule has 176 valence electrons. The molecule has 0 aliphatic carbocycles. The van der Waals surface area contributed by atoms with E-state index in [1.807, 2.05) is 32.0 Å². The molecule has 4 heteroatoms. The monoisotopic (exact) mass is 440 g/mol. The molecule has 0 fully saturated rings. The van der Waals surface area contributed by atoms with Crippen LogP contribution in [0, 0.1) is 6.92 Å². The summed E-state index contributed by atoms with van der Waals surface area (Å²) in [5, 5.41) is 0. The van der Waals surface area contributed by atoms with Crippen LogP contribution in [0.15, 0.2) is 36.4 Å². The van der Waals surface area contributed by atoms with Crippen molar-refractivity contribution in [1.29, 1.82) is 0 Å². The Labute approximate surface area is 194 Å². The van der Waals surface area contributed by atoms with Crippen LogP contribution in [0.4, 0.5) is 0 Å². The van der Waals surface area contributed by atoms with Gasteiger partial charge in [-0.05, 0) is 62.3 Å². The summed E-state index contributed by atoms with van der Waals surface area (Å²) in [7, 11) is 0. The lowest BCUT2D eigenvalue weighted by atomic mass is 9.81. The van der Waals surface area contributed by atoms with Crippen LogP contribution in [0.2, 0.25) is 0 Å². The van der Waals surface area contributed by atoms with Crippen LogP contribution in [-0.2, 0) is 20.5 Å². The lowest BCUT2D eigenvalue weighted by molar-refractivity contribution is -0.154. The molecule has 0 radical (unpaired) electrons. The summed E-state index contributed by atoms with van der Waals surface area (Å²) >= 11 is 0. The van der Waals surface area contributed by atoms with Gasteiger partial charge in [0.15, 0.2) is 0 Å². The molecule has 0 aliphatic rings. The molecule has 0 N–H and O–H groups in total. The average Bonchev–Trinajstić information content (AvgIpc) is 2.69. The Bertz CT molecular complexity index is 904. The second-order valence-electron chi connectivity index (χ2n) is 10.1. The molecular formula is C28H40O4. The van der Waals surface area contributed by atoms with Gasteiger partial charge in [-0.3, -0.25) is 4.79 Å². The topological polar surface area (TPSA) is 44.8 Å². The molecule has 0 saturated carbocycles. The standard InChI is InChI=1S/C28H40O4/c1-10-20(3)22-11-13-23(14-12-22)30-15-16-31-26-24(27(5,6)7)17-19(2)18-25(26)28(8,9)32-21(4)29/h11-14,17-18,20H,10,15-16H2,1-9H3. The second-order valence-corrected chi connectivity index (χ2v) is 10.1. The molecule has 0 aliphatic heterocycles. The van der Waals surface area contributed by atoms with Crippen LogP contribution >= 0.6 is 0 Å². The largest absolute Gasteiger partial charge is 0.490 e. The molecule has 0 saturated heterocycles. The van der Waals surface area contributed by atoms with Gasteiger partial charge in [-0.25, -0.2) is 0 Å². The first-order valence-electron chi connectivity index (χ1n) is 11.6. The second kappa shape index (κ2) is 10.4. The number of rotatable bonds is 9. The zero-order valence-corrected chi connectivity index (χ0v) is 21.3. The molecule has 0 amide bonds. The van der Waals surface area contributed by atoms with E-state index in [9.17, 15) is 4.79 Å². The number of ether oxygens (including phenoxy) is 3. The van der Waals surface area contributed by atoms with Crippen molar-refractivity contribution in [3.05, 3.63) is 58.7 Å². The zero-order chi connectivity index (χ0) is 24.1. The normalized spacial score (nSPS) is 12.9. The highest BCUT2D eigenvalue weighted by Crippen LogP contribution is 2.41. The first-order valence-corrected chi connectivity index (χ1v) is 11.6. The number of carbonyl (C=O) groups excluding carboxylic acids is 1. The molecule has 4 nitrogen and oxygen atoms in total. The summed E-state index contributed by atoms with van der Waals surface area (Å²) in [6, 6.07) is 12.5. The third kappa shape index (κ3) is 6.75. The summed E-state index contributed by atoms with van der Waals surface area (Å²) in [5.74, 6) is 1.83. The van der Waals surface area contributed by atoms with E-state index < -0.39 is 5.60 Å². The molecule has 0 bridgehead atoms. The number of esters is 1. The van der Waals surface area contributed by atoms with Crippen LogP contribution in [0.3, 0.4) is 0 Å². The van der Waals surface area contributed by atoms with E-state index in [1.165, 1.54) is 12.5 Å². The van der Waals surface area contributed by atoms with Gasteiger partial charge in [0.1, 0.15) is 30.3 Å². The third-order valence-corrected chi connectivity index (χ3v) is 5.75. The SMILES string of the molecule is CCC(C)c1ccc(OCCOc2c(C(C)(C)C)cc(C)cc2C(C)(C)OC(C)=O)cc1. The van der Waals surface area contributed by atoms with Gasteiger partial charge in [0, 0.05) is 18.1 Å². The van der Waals surface area contributed by atoms with Crippen molar-refractivity contribution in [2.75, 3.05) is 13.2 Å². The predicted octanol–water partition coefficient (Wildman–Crippen LogP) is 7.06. The van der Waals surface area contributed by atoms with E-state index in [0.717, 1.165) is 34.6 Å². The maximum Gasteiger partial charge on any atom is 0.303 e. The van der Waals surface area contributed by atoms with E-state index in [-0.39, 0.29) is 11.4 Å². The van der Waals surface area contributed by atoms with Crippen molar-refractivity contribution in [3.63, 3.8) is 0 Å². The van der Waals surface area contributed by atoms with Crippen molar-refractivity contribution >= 4 is 5.97 Å². The third-order valence-electron chi connectivity index (χ3n) is 5.75. The molecule has 1 unspecified atom stereocenters. The zero-order valence-electron chi connectivity index (χ0n) is 21.3. The molecule has 32 heavy (non-hydrogen) atoms. The molecule has 1 atom stereocenters. The number of benzene rings is 2. The lowest BCUT2D eigenvalue weighted by Gasteiger charge is -2.32. The Morgan fingerprint density at radius 2 is 1.50 bits per heavy atom. The molecule has 2 aromatic carbocycles. The number of carbonyl (C=O) groups is 1. The summed E-state index contributed by atoms with van der Waals surface area (Å²) in [6.07, 6.45) is 1.12. The fourth-order valence-electron chi connectivity index (χ4n) is 3.78. The van der Waals surface area contributed by atoms with Gasteiger partial charge in [-0.15, -0.1) is 0 Å². The molecule has 2 rings (SSSR count). The van der Waals surface area contributed by atoms with Crippen LogP contribution < -0.4 is 9.47 Å². The minimum Gasteiger partial charge on any atom is -0.490 e. The van der Waals surface area contributed by atoms with E-state index in [0.29, 0.717) is 19.1 Å². The van der Waals surface area contributed by atoms with Crippen LogP contribution in [0.5, 0.6) is 11.5 Å². The van der Waals surface area contributed by atoms with Crippen molar-refractivity contribution in [1.82, 2.24) is 0 Å². The first kappa shape index (κ1) is 25.8. The Kier molecular flexibility index (Phi) is 8.39. The van der Waals surface area contributed by atoms with Gasteiger partial charge in [-0.2, -0.15) is 0 Å². The highest BCUT2D eigenvalue weighted by molar-refractivity contribution is 5.67. The fraction of sp³-hybridized carbons (Fsp3) is 0.536. The average molecular weight is 441 g/mol. The van der Waals surface area contributed by atoms with Gasteiger partial charge in [0.25, 0.3) is 0 Å². The van der Waals surface area contributed by atoms with E-state index in [1.54, 1.807) is 0 Å². The Morgan fingerprint density at radius 1 is 0.938 bits per heavy atom. The number of aryl methyl sites for hydroxylation is 1. The van der Waals surface area contributed by atoms with Crippen LogP contribution in [0.25, 0.3) is 0 Å². The van der Waals surface area contributed by atoms with E-state index in [2.05, 4.69) is 59.7 Å². The highest BCUT2D eigenvalue weighted by Gasteiger charge is 2.32. The minimum atomic E-state index is -0.806. The maximum atomic E-state index is 11.7. The van der Waals surface area contributed by atoms with Crippen LogP contribution in [0.1, 0.15) is 90.0 Å².